The number of carbonyl (C=O) groups excluding carboxylic acids is 1. The van der Waals surface area contributed by atoms with Crippen LogP contribution in [0.2, 0.25) is 0 Å². The van der Waals surface area contributed by atoms with Crippen LogP contribution in [-0.4, -0.2) is 63.7 Å². The van der Waals surface area contributed by atoms with Crippen molar-refractivity contribution >= 4 is 16.8 Å². The van der Waals surface area contributed by atoms with Crippen molar-refractivity contribution in [3.8, 4) is 0 Å². The number of piperazine rings is 1. The molecule has 2 heterocycles. The molecular weight excluding hydrogens is 302 g/mol. The molecule has 1 saturated carbocycles. The molecule has 1 aromatic heterocycles. The van der Waals surface area contributed by atoms with Crippen LogP contribution in [0.4, 0.5) is 0 Å². The third-order valence-corrected chi connectivity index (χ3v) is 5.67. The highest BCUT2D eigenvalue weighted by atomic mass is 16.3. The van der Waals surface area contributed by atoms with E-state index in [1.807, 2.05) is 47.0 Å². The summed E-state index contributed by atoms with van der Waals surface area (Å²) in [6.07, 6.45) is 4.92. The zero-order valence-electron chi connectivity index (χ0n) is 14.2. The third kappa shape index (κ3) is 2.62. The fourth-order valence-corrected chi connectivity index (χ4v) is 4.26. The largest absolute Gasteiger partial charge is 0.391 e. The molecule has 0 spiro atoms. The summed E-state index contributed by atoms with van der Waals surface area (Å²) in [4.78, 5) is 17.3. The lowest BCUT2D eigenvalue weighted by Gasteiger charge is -2.39. The highest BCUT2D eigenvalue weighted by Gasteiger charge is 2.33. The second-order valence-corrected chi connectivity index (χ2v) is 7.06. The van der Waals surface area contributed by atoms with E-state index in [0.29, 0.717) is 6.04 Å². The molecule has 128 valence electrons. The minimum Gasteiger partial charge on any atom is -0.391 e. The zero-order chi connectivity index (χ0) is 16.7. The van der Waals surface area contributed by atoms with Gasteiger partial charge in [-0.15, -0.1) is 0 Å². The van der Waals surface area contributed by atoms with Gasteiger partial charge in [-0.2, -0.15) is 0 Å². The predicted molar refractivity (Wildman–Crippen MR) is 94.0 cm³/mol. The second-order valence-electron chi connectivity index (χ2n) is 7.06. The van der Waals surface area contributed by atoms with E-state index in [1.165, 1.54) is 0 Å². The molecule has 2 aromatic rings. The van der Waals surface area contributed by atoms with Gasteiger partial charge in [-0.05, 0) is 37.5 Å². The van der Waals surface area contributed by atoms with E-state index >= 15 is 0 Å². The van der Waals surface area contributed by atoms with Crippen molar-refractivity contribution in [2.75, 3.05) is 26.2 Å². The Kier molecular flexibility index (Phi) is 4.06. The van der Waals surface area contributed by atoms with Crippen molar-refractivity contribution in [1.29, 1.82) is 0 Å². The molecule has 1 aliphatic heterocycles. The van der Waals surface area contributed by atoms with Crippen LogP contribution in [0.5, 0.6) is 0 Å². The highest BCUT2D eigenvalue weighted by molar-refractivity contribution is 6.06. The summed E-state index contributed by atoms with van der Waals surface area (Å²) in [7, 11) is 2.00. The maximum atomic E-state index is 13.0. The van der Waals surface area contributed by atoms with Crippen LogP contribution in [0.25, 0.3) is 10.9 Å². The van der Waals surface area contributed by atoms with E-state index in [4.69, 9.17) is 0 Å². The number of aliphatic hydroxyl groups excluding tert-OH is 1. The summed E-state index contributed by atoms with van der Waals surface area (Å²) in [6, 6.07) is 8.25. The third-order valence-electron chi connectivity index (χ3n) is 5.67. The molecule has 1 N–H and O–H groups in total. The number of carbonyl (C=O) groups is 1. The molecule has 2 fully saturated rings. The number of amides is 1. The second kappa shape index (κ2) is 6.22. The van der Waals surface area contributed by atoms with Gasteiger partial charge in [0.2, 0.25) is 0 Å². The number of rotatable bonds is 2. The topological polar surface area (TPSA) is 48.7 Å². The van der Waals surface area contributed by atoms with Crippen molar-refractivity contribution in [1.82, 2.24) is 14.4 Å². The van der Waals surface area contributed by atoms with Gasteiger partial charge >= 0.3 is 0 Å². The standard InChI is InChI=1S/C19H25N3O2/c1-20-9-8-14-15(4-2-5-16(14)20)19(24)22-12-10-21(11-13-22)17-6-3-7-18(17)23/h2,4-5,8-9,17-18,23H,3,6-7,10-13H2,1H3/t17-,18-/m0/s1. The lowest BCUT2D eigenvalue weighted by atomic mass is 10.1. The fourth-order valence-electron chi connectivity index (χ4n) is 4.26. The molecule has 1 aromatic carbocycles. The molecule has 24 heavy (non-hydrogen) atoms. The summed E-state index contributed by atoms with van der Waals surface area (Å²) in [5.41, 5.74) is 1.89. The minimum atomic E-state index is -0.190. The SMILES string of the molecule is Cn1ccc2c(C(=O)N3CCN([C@H]4CCC[C@@H]4O)CC3)cccc21. The van der Waals surface area contributed by atoms with E-state index in [2.05, 4.69) is 4.90 Å². The maximum Gasteiger partial charge on any atom is 0.254 e. The molecule has 0 bridgehead atoms. The highest BCUT2D eigenvalue weighted by Crippen LogP contribution is 2.26. The van der Waals surface area contributed by atoms with E-state index < -0.39 is 0 Å². The Hall–Kier alpha value is -1.85. The molecule has 5 heteroatoms. The monoisotopic (exact) mass is 327 g/mol. The first-order valence-electron chi connectivity index (χ1n) is 8.90. The maximum absolute atomic E-state index is 13.0. The zero-order valence-corrected chi connectivity index (χ0v) is 14.2. The van der Waals surface area contributed by atoms with Crippen LogP contribution in [-0.2, 0) is 7.05 Å². The molecule has 0 radical (unpaired) electrons. The van der Waals surface area contributed by atoms with E-state index in [1.54, 1.807) is 0 Å². The average Bonchev–Trinajstić information content (AvgIpc) is 3.20. The summed E-state index contributed by atoms with van der Waals surface area (Å²) >= 11 is 0. The Morgan fingerprint density at radius 3 is 2.62 bits per heavy atom. The Morgan fingerprint density at radius 2 is 1.92 bits per heavy atom. The van der Waals surface area contributed by atoms with Crippen LogP contribution in [0.3, 0.4) is 0 Å². The molecule has 1 saturated heterocycles. The molecule has 1 amide bonds. The van der Waals surface area contributed by atoms with Crippen molar-refractivity contribution in [2.45, 2.75) is 31.4 Å². The van der Waals surface area contributed by atoms with Crippen LogP contribution >= 0.6 is 0 Å². The normalized spacial score (nSPS) is 25.5. The number of benzene rings is 1. The lowest BCUT2D eigenvalue weighted by molar-refractivity contribution is 0.0316. The molecule has 5 nitrogen and oxygen atoms in total. The Bertz CT molecular complexity index is 746. The van der Waals surface area contributed by atoms with E-state index in [9.17, 15) is 9.90 Å². The molecule has 2 aliphatic rings. The van der Waals surface area contributed by atoms with Gasteiger partial charge in [-0.3, -0.25) is 9.69 Å². The smallest absolute Gasteiger partial charge is 0.254 e. The number of hydrogen-bond acceptors (Lipinski definition) is 3. The number of aromatic nitrogens is 1. The van der Waals surface area contributed by atoms with Crippen LogP contribution < -0.4 is 0 Å². The van der Waals surface area contributed by atoms with E-state index in [0.717, 1.165) is 61.9 Å². The fraction of sp³-hybridized carbons (Fsp3) is 0.526. The van der Waals surface area contributed by atoms with Gasteiger partial charge in [0.15, 0.2) is 0 Å². The van der Waals surface area contributed by atoms with Crippen LogP contribution in [0, 0.1) is 0 Å². The van der Waals surface area contributed by atoms with Crippen molar-refractivity contribution < 1.29 is 9.90 Å². The Labute approximate surface area is 142 Å². The quantitative estimate of drug-likeness (QED) is 0.916. The van der Waals surface area contributed by atoms with Gasteiger partial charge < -0.3 is 14.6 Å². The van der Waals surface area contributed by atoms with Gasteiger partial charge in [0.25, 0.3) is 5.91 Å². The number of fused-ring (bicyclic) bond motifs is 1. The lowest BCUT2D eigenvalue weighted by Crippen LogP contribution is -2.53. The van der Waals surface area contributed by atoms with Crippen LogP contribution in [0.1, 0.15) is 29.6 Å². The molecule has 2 atom stereocenters. The minimum absolute atomic E-state index is 0.124. The molecule has 4 rings (SSSR count). The summed E-state index contributed by atoms with van der Waals surface area (Å²) in [5.74, 6) is 0.124. The number of hydrogen-bond donors (Lipinski definition) is 1. The first-order chi connectivity index (χ1) is 11.6. The molecule has 0 unspecified atom stereocenters. The average molecular weight is 327 g/mol. The molecule has 1 aliphatic carbocycles. The van der Waals surface area contributed by atoms with Crippen molar-refractivity contribution in [3.05, 3.63) is 36.0 Å². The molecular formula is C19H25N3O2. The Morgan fingerprint density at radius 1 is 1.12 bits per heavy atom. The van der Waals surface area contributed by atoms with Gasteiger partial charge in [0.1, 0.15) is 0 Å². The van der Waals surface area contributed by atoms with Gasteiger partial charge in [0, 0.05) is 61.9 Å². The summed E-state index contributed by atoms with van der Waals surface area (Å²) in [5, 5.41) is 11.1. The van der Waals surface area contributed by atoms with E-state index in [-0.39, 0.29) is 12.0 Å². The van der Waals surface area contributed by atoms with Gasteiger partial charge in [-0.1, -0.05) is 6.07 Å². The number of nitrogens with zero attached hydrogens (tertiary/aromatic N) is 3. The first-order valence-corrected chi connectivity index (χ1v) is 8.90. The summed E-state index contributed by atoms with van der Waals surface area (Å²) in [6.45, 7) is 3.20. The van der Waals surface area contributed by atoms with Gasteiger partial charge in [0.05, 0.1) is 6.10 Å². The Balaban J connectivity index is 1.48. The van der Waals surface area contributed by atoms with Crippen molar-refractivity contribution in [2.24, 2.45) is 7.05 Å². The summed E-state index contributed by atoms with van der Waals surface area (Å²) < 4.78 is 2.05. The number of aryl methyl sites for hydroxylation is 1. The van der Waals surface area contributed by atoms with Crippen LogP contribution in [0.15, 0.2) is 30.5 Å². The first kappa shape index (κ1) is 15.7. The predicted octanol–water partition coefficient (Wildman–Crippen LogP) is 1.85. The number of aliphatic hydroxyl groups is 1. The van der Waals surface area contributed by atoms with Gasteiger partial charge in [-0.25, -0.2) is 0 Å². The van der Waals surface area contributed by atoms with Crippen molar-refractivity contribution in [3.63, 3.8) is 0 Å².